The Morgan fingerprint density at radius 1 is 0.857 bits per heavy atom. The van der Waals surface area contributed by atoms with Crippen LogP contribution < -0.4 is 0 Å². The molecule has 0 saturated carbocycles. The van der Waals surface area contributed by atoms with Crippen LogP contribution in [0.1, 0.15) is 53.4 Å². The monoisotopic (exact) mass is 304 g/mol. The predicted octanol–water partition coefficient (Wildman–Crippen LogP) is 1.77. The third kappa shape index (κ3) is 20.7. The quantitative estimate of drug-likeness (QED) is 0.210. The molecule has 0 fully saturated rings. The molecule has 0 aliphatic rings. The van der Waals surface area contributed by atoms with Crippen molar-refractivity contribution < 1.29 is 33.7 Å². The molecule has 0 bridgehead atoms. The second-order valence-corrected chi connectivity index (χ2v) is 4.19. The molecule has 0 aliphatic heterocycles. The maximum absolute atomic E-state index is 10.6. The molecule has 0 aromatic heterocycles. The van der Waals surface area contributed by atoms with Gasteiger partial charge in [-0.1, -0.05) is 13.3 Å². The first-order valence-corrected chi connectivity index (χ1v) is 6.80. The van der Waals surface area contributed by atoms with Gasteiger partial charge in [-0.25, -0.2) is 4.79 Å². The average Bonchev–Trinajstić information content (AvgIpc) is 2.34. The van der Waals surface area contributed by atoms with Gasteiger partial charge in [-0.2, -0.15) is 4.89 Å². The van der Waals surface area contributed by atoms with Crippen molar-refractivity contribution in [1.82, 2.24) is 0 Å². The van der Waals surface area contributed by atoms with Gasteiger partial charge in [-0.05, 0) is 27.2 Å². The lowest BCUT2D eigenvalue weighted by atomic mass is 10.3. The van der Waals surface area contributed by atoms with Gasteiger partial charge in [-0.3, -0.25) is 19.3 Å². The minimum atomic E-state index is -0.626. The molecule has 21 heavy (non-hydrogen) atoms. The summed E-state index contributed by atoms with van der Waals surface area (Å²) < 4.78 is 4.49. The van der Waals surface area contributed by atoms with Crippen molar-refractivity contribution in [2.24, 2.45) is 0 Å². The molecule has 0 aliphatic carbocycles. The summed E-state index contributed by atoms with van der Waals surface area (Å²) in [7, 11) is 0. The van der Waals surface area contributed by atoms with Gasteiger partial charge in [0.1, 0.15) is 24.4 Å². The third-order valence-corrected chi connectivity index (χ3v) is 1.82. The molecule has 7 heteroatoms. The molecule has 0 aromatic carbocycles. The van der Waals surface area contributed by atoms with Crippen LogP contribution in [0.4, 0.5) is 0 Å². The van der Waals surface area contributed by atoms with Crippen LogP contribution in [0.5, 0.6) is 0 Å². The molecular formula is C14H24O7. The summed E-state index contributed by atoms with van der Waals surface area (Å²) in [5.41, 5.74) is 0. The van der Waals surface area contributed by atoms with Gasteiger partial charge in [0, 0.05) is 0 Å². The van der Waals surface area contributed by atoms with Gasteiger partial charge in [-0.15, -0.1) is 0 Å². The van der Waals surface area contributed by atoms with Crippen LogP contribution in [0, 0.1) is 0 Å². The van der Waals surface area contributed by atoms with E-state index in [0.717, 1.165) is 12.8 Å². The Morgan fingerprint density at radius 2 is 1.38 bits per heavy atom. The maximum atomic E-state index is 10.6. The molecule has 0 aromatic rings. The van der Waals surface area contributed by atoms with Gasteiger partial charge >= 0.3 is 11.9 Å². The normalized spacial score (nSPS) is 9.14. The van der Waals surface area contributed by atoms with E-state index in [0.29, 0.717) is 13.2 Å². The first-order valence-electron chi connectivity index (χ1n) is 6.80. The van der Waals surface area contributed by atoms with Crippen molar-refractivity contribution in [1.29, 1.82) is 0 Å². The fourth-order valence-corrected chi connectivity index (χ4v) is 0.959. The fraction of sp³-hybridized carbons (Fsp3) is 0.714. The highest BCUT2D eigenvalue weighted by Crippen LogP contribution is 1.92. The van der Waals surface area contributed by atoms with E-state index in [2.05, 4.69) is 14.5 Å². The van der Waals surface area contributed by atoms with E-state index in [9.17, 15) is 19.2 Å². The Kier molecular flexibility index (Phi) is 15.0. The van der Waals surface area contributed by atoms with Gasteiger partial charge in [0.15, 0.2) is 0 Å². The number of rotatable bonds is 9. The van der Waals surface area contributed by atoms with E-state index in [1.54, 1.807) is 6.92 Å². The van der Waals surface area contributed by atoms with Crippen LogP contribution in [0.15, 0.2) is 0 Å². The Balaban J connectivity index is 0. The number of carbonyl (C=O) groups is 4. The topological polar surface area (TPSA) is 96.0 Å². The van der Waals surface area contributed by atoms with Gasteiger partial charge < -0.3 is 4.74 Å². The summed E-state index contributed by atoms with van der Waals surface area (Å²) in [6.45, 7) is 7.12. The first kappa shape index (κ1) is 21.5. The summed E-state index contributed by atoms with van der Waals surface area (Å²) >= 11 is 0. The number of hydrogen-bond donors (Lipinski definition) is 0. The number of ketones is 2. The summed E-state index contributed by atoms with van der Waals surface area (Å²) in [6.07, 6.45) is 1.50. The second-order valence-electron chi connectivity index (χ2n) is 4.19. The van der Waals surface area contributed by atoms with E-state index in [1.165, 1.54) is 13.8 Å². The Bertz CT molecular complexity index is 336. The second kappa shape index (κ2) is 14.6. The maximum Gasteiger partial charge on any atom is 0.349 e. The molecule has 0 amide bonds. The smallest absolute Gasteiger partial charge is 0.349 e. The first-order chi connectivity index (χ1) is 9.83. The van der Waals surface area contributed by atoms with Gasteiger partial charge in [0.05, 0.1) is 13.2 Å². The highest BCUT2D eigenvalue weighted by atomic mass is 17.2. The van der Waals surface area contributed by atoms with Crippen LogP contribution in [-0.4, -0.2) is 36.7 Å². The molecule has 0 saturated heterocycles. The van der Waals surface area contributed by atoms with Crippen molar-refractivity contribution in [3.8, 4) is 0 Å². The average molecular weight is 304 g/mol. The molecule has 0 spiro atoms. The summed E-state index contributed by atoms with van der Waals surface area (Å²) in [6, 6.07) is 0. The Hall–Kier alpha value is -1.76. The number of ether oxygens (including phenoxy) is 1. The number of hydrogen-bond acceptors (Lipinski definition) is 7. The summed E-state index contributed by atoms with van der Waals surface area (Å²) in [5.74, 6) is -1.45. The van der Waals surface area contributed by atoms with Crippen LogP contribution in [0.3, 0.4) is 0 Å². The van der Waals surface area contributed by atoms with Crippen molar-refractivity contribution in [2.45, 2.75) is 53.4 Å². The lowest BCUT2D eigenvalue weighted by molar-refractivity contribution is -0.272. The zero-order chi connectivity index (χ0) is 16.7. The van der Waals surface area contributed by atoms with Crippen molar-refractivity contribution >= 4 is 23.5 Å². The Morgan fingerprint density at radius 3 is 1.81 bits per heavy atom. The molecule has 0 unspecified atom stereocenters. The largest absolute Gasteiger partial charge is 0.466 e. The van der Waals surface area contributed by atoms with E-state index in [1.807, 2.05) is 6.92 Å². The van der Waals surface area contributed by atoms with E-state index in [-0.39, 0.29) is 24.4 Å². The van der Waals surface area contributed by atoms with Crippen molar-refractivity contribution in [3.05, 3.63) is 0 Å². The standard InChI is InChI=1S/C8H14O4.C6H10O3/c1-3-4-5-11-12-8(10)6-7(2)9;1-3-9-6(8)4-5(2)7/h3-6H2,1-2H3;3-4H2,1-2H3. The van der Waals surface area contributed by atoms with E-state index >= 15 is 0 Å². The molecule has 0 heterocycles. The van der Waals surface area contributed by atoms with Gasteiger partial charge in [0.25, 0.3) is 0 Å². The number of Topliss-reactive ketones (excluding diaryl/α,β-unsaturated/α-hetero) is 2. The summed E-state index contributed by atoms with van der Waals surface area (Å²) in [4.78, 5) is 50.5. The molecule has 0 rings (SSSR count). The Labute approximate surface area is 124 Å². The highest BCUT2D eigenvalue weighted by Gasteiger charge is 2.06. The lowest BCUT2D eigenvalue weighted by Gasteiger charge is -2.00. The SMILES string of the molecule is CCCCOOC(=O)CC(C)=O.CCOC(=O)CC(C)=O. The number of esters is 1. The zero-order valence-electron chi connectivity index (χ0n) is 13.1. The van der Waals surface area contributed by atoms with Crippen LogP contribution in [0.2, 0.25) is 0 Å². The molecule has 7 nitrogen and oxygen atoms in total. The van der Waals surface area contributed by atoms with Gasteiger partial charge in [0.2, 0.25) is 0 Å². The minimum absolute atomic E-state index is 0.103. The van der Waals surface area contributed by atoms with Crippen LogP contribution >= 0.6 is 0 Å². The minimum Gasteiger partial charge on any atom is -0.466 e. The fourth-order valence-electron chi connectivity index (χ4n) is 0.959. The molecular weight excluding hydrogens is 280 g/mol. The molecule has 122 valence electrons. The van der Waals surface area contributed by atoms with Crippen LogP contribution in [-0.2, 0) is 33.7 Å². The van der Waals surface area contributed by atoms with Crippen molar-refractivity contribution in [2.75, 3.05) is 13.2 Å². The highest BCUT2D eigenvalue weighted by molar-refractivity contribution is 5.94. The zero-order valence-corrected chi connectivity index (χ0v) is 13.1. The third-order valence-electron chi connectivity index (χ3n) is 1.82. The van der Waals surface area contributed by atoms with Crippen LogP contribution in [0.25, 0.3) is 0 Å². The molecule has 0 N–H and O–H groups in total. The molecule has 0 radical (unpaired) electrons. The van der Waals surface area contributed by atoms with E-state index in [4.69, 9.17) is 0 Å². The summed E-state index contributed by atoms with van der Waals surface area (Å²) in [5, 5.41) is 0. The van der Waals surface area contributed by atoms with E-state index < -0.39 is 11.9 Å². The predicted molar refractivity (Wildman–Crippen MR) is 74.2 cm³/mol. The van der Waals surface area contributed by atoms with Crippen molar-refractivity contribution in [3.63, 3.8) is 0 Å². The lowest BCUT2D eigenvalue weighted by Crippen LogP contribution is -2.09. The number of unbranched alkanes of at least 4 members (excludes halogenated alkanes) is 1. The number of carbonyl (C=O) groups excluding carboxylic acids is 4. The molecule has 0 atom stereocenters.